The normalized spacial score (nSPS) is 11.8. The van der Waals surface area contributed by atoms with Crippen LogP contribution in [0.5, 0.6) is 0 Å². The van der Waals surface area contributed by atoms with Crippen LogP contribution < -0.4 is 5.73 Å². The predicted octanol–water partition coefficient (Wildman–Crippen LogP) is 3.01. The number of aromatic nitrogens is 6. The van der Waals surface area contributed by atoms with Crippen LogP contribution in [0.2, 0.25) is 0 Å². The zero-order chi connectivity index (χ0) is 21.8. The van der Waals surface area contributed by atoms with Gasteiger partial charge in [-0.15, -0.1) is 0 Å². The first-order valence-electron chi connectivity index (χ1n) is 9.60. The van der Waals surface area contributed by atoms with Crippen molar-refractivity contribution in [3.05, 3.63) is 71.7 Å². The van der Waals surface area contributed by atoms with Crippen molar-refractivity contribution in [2.45, 2.75) is 19.6 Å². The largest absolute Gasteiger partial charge is 0.375 e. The molecule has 1 aromatic carbocycles. The highest BCUT2D eigenvalue weighted by Crippen LogP contribution is 2.24. The quantitative estimate of drug-likeness (QED) is 0.512. The monoisotopic (exact) mass is 412 g/mol. The standard InChI is InChI=1S/C22H20N8O/c1-14(31-2)18-8-4-7-17(26-18)13-30-25-12-21(29-30)20-10-19(27-22(24)28-20)16-6-3-5-15(9-16)11-23/h3-10,12,14H,13H2,1-2H3,(H2,24,27,28). The van der Waals surface area contributed by atoms with Crippen molar-refractivity contribution in [1.29, 1.82) is 5.26 Å². The van der Waals surface area contributed by atoms with Crippen molar-refractivity contribution < 1.29 is 4.74 Å². The average molecular weight is 412 g/mol. The first-order chi connectivity index (χ1) is 15.1. The molecule has 0 spiro atoms. The molecule has 4 aromatic rings. The van der Waals surface area contributed by atoms with Crippen molar-refractivity contribution in [1.82, 2.24) is 29.9 Å². The summed E-state index contributed by atoms with van der Waals surface area (Å²) in [5.74, 6) is 0.118. The van der Waals surface area contributed by atoms with Crippen molar-refractivity contribution in [2.24, 2.45) is 0 Å². The van der Waals surface area contributed by atoms with E-state index in [0.717, 1.165) is 17.0 Å². The summed E-state index contributed by atoms with van der Waals surface area (Å²) in [7, 11) is 1.65. The zero-order valence-corrected chi connectivity index (χ0v) is 17.1. The van der Waals surface area contributed by atoms with Crippen LogP contribution in [0, 0.1) is 11.3 Å². The lowest BCUT2D eigenvalue weighted by atomic mass is 10.1. The van der Waals surface area contributed by atoms with E-state index in [1.54, 1.807) is 42.4 Å². The van der Waals surface area contributed by atoms with E-state index >= 15 is 0 Å². The Labute approximate surface area is 179 Å². The third-order valence-electron chi connectivity index (χ3n) is 4.73. The molecule has 1 atom stereocenters. The van der Waals surface area contributed by atoms with Crippen LogP contribution in [0.3, 0.4) is 0 Å². The maximum absolute atomic E-state index is 9.14. The minimum absolute atomic E-state index is 0.0944. The summed E-state index contributed by atoms with van der Waals surface area (Å²) in [5, 5.41) is 18.0. The number of nitriles is 1. The van der Waals surface area contributed by atoms with E-state index in [0.29, 0.717) is 29.2 Å². The molecule has 0 saturated heterocycles. The van der Waals surface area contributed by atoms with Gasteiger partial charge in [-0.05, 0) is 37.3 Å². The number of nitrogen functional groups attached to an aromatic ring is 1. The molecule has 0 amide bonds. The molecule has 1 unspecified atom stereocenters. The van der Waals surface area contributed by atoms with Gasteiger partial charge >= 0.3 is 0 Å². The molecule has 0 saturated carbocycles. The van der Waals surface area contributed by atoms with Gasteiger partial charge in [0.05, 0.1) is 46.7 Å². The van der Waals surface area contributed by atoms with Gasteiger partial charge in [-0.1, -0.05) is 18.2 Å². The van der Waals surface area contributed by atoms with Crippen molar-refractivity contribution >= 4 is 5.95 Å². The van der Waals surface area contributed by atoms with Crippen LogP contribution in [0.25, 0.3) is 22.6 Å². The molecule has 9 nitrogen and oxygen atoms in total. The maximum atomic E-state index is 9.14. The van der Waals surface area contributed by atoms with Gasteiger partial charge in [0, 0.05) is 12.7 Å². The second-order valence-corrected chi connectivity index (χ2v) is 6.88. The van der Waals surface area contributed by atoms with Crippen molar-refractivity contribution in [3.8, 4) is 28.7 Å². The number of nitrogens with zero attached hydrogens (tertiary/aromatic N) is 7. The topological polar surface area (TPSA) is 128 Å². The number of hydrogen-bond acceptors (Lipinski definition) is 8. The Morgan fingerprint density at radius 2 is 1.87 bits per heavy atom. The number of anilines is 1. The molecule has 2 N–H and O–H groups in total. The fraction of sp³-hybridized carbons (Fsp3) is 0.182. The Morgan fingerprint density at radius 3 is 2.68 bits per heavy atom. The highest BCUT2D eigenvalue weighted by Gasteiger charge is 2.12. The van der Waals surface area contributed by atoms with Crippen LogP contribution in [-0.2, 0) is 11.3 Å². The van der Waals surface area contributed by atoms with Crippen LogP contribution in [-0.4, -0.2) is 37.1 Å². The van der Waals surface area contributed by atoms with Crippen molar-refractivity contribution in [2.75, 3.05) is 12.8 Å². The van der Waals surface area contributed by atoms with Crippen molar-refractivity contribution in [3.63, 3.8) is 0 Å². The smallest absolute Gasteiger partial charge is 0.221 e. The minimum Gasteiger partial charge on any atom is -0.375 e. The summed E-state index contributed by atoms with van der Waals surface area (Å²) in [5.41, 5.74) is 10.6. The number of nitrogens with two attached hydrogens (primary N) is 1. The summed E-state index contributed by atoms with van der Waals surface area (Å²) < 4.78 is 5.33. The average Bonchev–Trinajstić information content (AvgIpc) is 3.27. The molecule has 3 aromatic heterocycles. The maximum Gasteiger partial charge on any atom is 0.221 e. The van der Waals surface area contributed by atoms with Gasteiger partial charge in [-0.2, -0.15) is 20.3 Å². The molecule has 31 heavy (non-hydrogen) atoms. The molecule has 0 aliphatic heterocycles. The fourth-order valence-electron chi connectivity index (χ4n) is 3.06. The molecule has 0 fully saturated rings. The zero-order valence-electron chi connectivity index (χ0n) is 17.1. The van der Waals surface area contributed by atoms with E-state index in [4.69, 9.17) is 15.7 Å². The Bertz CT molecular complexity index is 1260. The minimum atomic E-state index is -0.0944. The SMILES string of the molecule is COC(C)c1cccc(Cn2ncc(-c3cc(-c4cccc(C#N)c4)nc(N)n3)n2)n1. The van der Waals surface area contributed by atoms with E-state index in [9.17, 15) is 0 Å². The van der Waals surface area contributed by atoms with Gasteiger partial charge in [0.25, 0.3) is 0 Å². The lowest BCUT2D eigenvalue weighted by Crippen LogP contribution is -2.08. The number of pyridine rings is 1. The molecule has 0 aliphatic rings. The second-order valence-electron chi connectivity index (χ2n) is 6.88. The lowest BCUT2D eigenvalue weighted by Gasteiger charge is -2.10. The summed E-state index contributed by atoms with van der Waals surface area (Å²) in [6.45, 7) is 2.35. The Hall–Kier alpha value is -4.16. The van der Waals surface area contributed by atoms with Crippen LogP contribution >= 0.6 is 0 Å². The molecule has 4 rings (SSSR count). The number of hydrogen-bond donors (Lipinski definition) is 1. The highest BCUT2D eigenvalue weighted by molar-refractivity contribution is 5.68. The second kappa shape index (κ2) is 8.69. The van der Waals surface area contributed by atoms with Crippen LogP contribution in [0.1, 0.15) is 30.0 Å². The van der Waals surface area contributed by atoms with E-state index in [-0.39, 0.29) is 12.1 Å². The van der Waals surface area contributed by atoms with Gasteiger partial charge in [0.2, 0.25) is 5.95 Å². The third-order valence-corrected chi connectivity index (χ3v) is 4.73. The van der Waals surface area contributed by atoms with E-state index < -0.39 is 0 Å². The van der Waals surface area contributed by atoms with Crippen LogP contribution in [0.15, 0.2) is 54.7 Å². The molecule has 0 radical (unpaired) electrons. The number of rotatable bonds is 6. The molecule has 0 bridgehead atoms. The Kier molecular flexibility index (Phi) is 5.64. The molecule has 0 aliphatic carbocycles. The first kappa shape index (κ1) is 20.1. The Morgan fingerprint density at radius 1 is 1.06 bits per heavy atom. The molecule has 9 heteroatoms. The molecular weight excluding hydrogens is 392 g/mol. The molecular formula is C22H20N8O. The van der Waals surface area contributed by atoms with Gasteiger partial charge in [0.1, 0.15) is 12.2 Å². The lowest BCUT2D eigenvalue weighted by molar-refractivity contribution is 0.116. The van der Waals surface area contributed by atoms with Gasteiger partial charge < -0.3 is 10.5 Å². The number of ether oxygens (including phenoxy) is 1. The Balaban J connectivity index is 1.61. The van der Waals surface area contributed by atoms with E-state index in [1.165, 1.54) is 0 Å². The van der Waals surface area contributed by atoms with E-state index in [1.807, 2.05) is 31.2 Å². The van der Waals surface area contributed by atoms with Gasteiger partial charge in [-0.25, -0.2) is 9.97 Å². The summed E-state index contributed by atoms with van der Waals surface area (Å²) in [6, 6.07) is 16.8. The van der Waals surface area contributed by atoms with Gasteiger partial charge in [-0.3, -0.25) is 4.98 Å². The predicted molar refractivity (Wildman–Crippen MR) is 114 cm³/mol. The third kappa shape index (κ3) is 4.55. The molecule has 154 valence electrons. The summed E-state index contributed by atoms with van der Waals surface area (Å²) in [6.07, 6.45) is 1.53. The summed E-state index contributed by atoms with van der Waals surface area (Å²) in [4.78, 5) is 14.7. The summed E-state index contributed by atoms with van der Waals surface area (Å²) >= 11 is 0. The number of benzene rings is 1. The number of methoxy groups -OCH3 is 1. The first-order valence-corrected chi connectivity index (χ1v) is 9.60. The van der Waals surface area contributed by atoms with Crippen LogP contribution in [0.4, 0.5) is 5.95 Å². The fourth-order valence-corrected chi connectivity index (χ4v) is 3.06. The van der Waals surface area contributed by atoms with Gasteiger partial charge in [0.15, 0.2) is 0 Å². The van der Waals surface area contributed by atoms with E-state index in [2.05, 4.69) is 31.2 Å². The molecule has 3 heterocycles. The highest BCUT2D eigenvalue weighted by atomic mass is 16.5.